The average Bonchev–Trinajstić information content (AvgIpc) is 2.48. The molecule has 0 radical (unpaired) electrons. The summed E-state index contributed by atoms with van der Waals surface area (Å²) in [4.78, 5) is 13.4. The molecule has 0 fully saturated rings. The number of rotatable bonds is 5. The second-order valence-electron chi connectivity index (χ2n) is 4.70. The minimum atomic E-state index is -0.334. The van der Waals surface area contributed by atoms with E-state index in [0.29, 0.717) is 16.3 Å². The molecule has 116 valence electrons. The van der Waals surface area contributed by atoms with Crippen LogP contribution in [0.15, 0.2) is 46.9 Å². The first-order valence-electron chi connectivity index (χ1n) is 6.52. The van der Waals surface area contributed by atoms with Gasteiger partial charge in [-0.05, 0) is 24.3 Å². The van der Waals surface area contributed by atoms with Crippen LogP contribution in [-0.2, 0) is 11.3 Å². The van der Waals surface area contributed by atoms with Gasteiger partial charge in [0.2, 0.25) is 0 Å². The number of halogens is 3. The molecule has 0 aliphatic rings. The number of nitrogens with zero attached hydrogens (tertiary/aromatic N) is 1. The maximum Gasteiger partial charge on any atom is 0.260 e. The van der Waals surface area contributed by atoms with Crippen LogP contribution in [0.2, 0.25) is 5.02 Å². The van der Waals surface area contributed by atoms with Crippen molar-refractivity contribution in [3.63, 3.8) is 0 Å². The molecule has 22 heavy (non-hydrogen) atoms. The maximum absolute atomic E-state index is 13.6. The van der Waals surface area contributed by atoms with E-state index in [4.69, 9.17) is 16.3 Å². The van der Waals surface area contributed by atoms with Gasteiger partial charge in [-0.25, -0.2) is 4.39 Å². The molecular formula is C16H14BrClFNO2. The lowest BCUT2D eigenvalue weighted by molar-refractivity contribution is -0.132. The normalized spacial score (nSPS) is 10.4. The number of ether oxygens (including phenoxy) is 1. The summed E-state index contributed by atoms with van der Waals surface area (Å²) in [5.41, 5.74) is 0.458. The van der Waals surface area contributed by atoms with Gasteiger partial charge in [0.05, 0.1) is 5.02 Å². The molecule has 2 aromatic rings. The van der Waals surface area contributed by atoms with Crippen molar-refractivity contribution < 1.29 is 13.9 Å². The third-order valence-electron chi connectivity index (χ3n) is 3.04. The topological polar surface area (TPSA) is 29.5 Å². The highest BCUT2D eigenvalue weighted by Gasteiger charge is 2.13. The molecule has 1 amide bonds. The average molecular weight is 387 g/mol. The fraction of sp³-hybridized carbons (Fsp3) is 0.188. The SMILES string of the molecule is CN(Cc1ccccc1F)C(=O)COc1ccc(Br)cc1Cl. The number of carbonyl (C=O) groups excluding carboxylic acids is 1. The van der Waals surface area contributed by atoms with Crippen LogP contribution >= 0.6 is 27.5 Å². The van der Waals surface area contributed by atoms with Crippen LogP contribution in [-0.4, -0.2) is 24.5 Å². The lowest BCUT2D eigenvalue weighted by atomic mass is 10.2. The highest BCUT2D eigenvalue weighted by atomic mass is 79.9. The van der Waals surface area contributed by atoms with Crippen LogP contribution in [0.4, 0.5) is 4.39 Å². The molecule has 0 saturated heterocycles. The van der Waals surface area contributed by atoms with E-state index in [1.165, 1.54) is 11.0 Å². The molecule has 2 rings (SSSR count). The second kappa shape index (κ2) is 7.61. The molecule has 0 saturated carbocycles. The van der Waals surface area contributed by atoms with Crippen molar-refractivity contribution >= 4 is 33.4 Å². The molecule has 0 aromatic heterocycles. The van der Waals surface area contributed by atoms with Crippen LogP contribution in [0.1, 0.15) is 5.56 Å². The predicted molar refractivity (Wildman–Crippen MR) is 87.5 cm³/mol. The molecule has 0 aliphatic carbocycles. The van der Waals surface area contributed by atoms with Crippen molar-refractivity contribution in [1.82, 2.24) is 4.90 Å². The number of hydrogen-bond acceptors (Lipinski definition) is 2. The van der Waals surface area contributed by atoms with Gasteiger partial charge in [-0.2, -0.15) is 0 Å². The molecule has 0 heterocycles. The number of hydrogen-bond donors (Lipinski definition) is 0. The summed E-state index contributed by atoms with van der Waals surface area (Å²) in [5, 5.41) is 0.416. The molecule has 0 aliphatic heterocycles. The molecule has 3 nitrogen and oxygen atoms in total. The number of amides is 1. The van der Waals surface area contributed by atoms with Crippen molar-refractivity contribution in [3.05, 3.63) is 63.3 Å². The van der Waals surface area contributed by atoms with E-state index in [0.717, 1.165) is 4.47 Å². The van der Waals surface area contributed by atoms with Crippen LogP contribution in [0.25, 0.3) is 0 Å². The molecule has 0 atom stereocenters. The summed E-state index contributed by atoms with van der Waals surface area (Å²) in [6, 6.07) is 11.5. The minimum Gasteiger partial charge on any atom is -0.482 e. The van der Waals surface area contributed by atoms with Gasteiger partial charge in [0.25, 0.3) is 5.91 Å². The Bertz CT molecular complexity index is 681. The van der Waals surface area contributed by atoms with Crippen molar-refractivity contribution in [2.75, 3.05) is 13.7 Å². The Labute approximate surface area is 141 Å². The monoisotopic (exact) mass is 385 g/mol. The molecular weight excluding hydrogens is 373 g/mol. The number of carbonyl (C=O) groups is 1. The van der Waals surface area contributed by atoms with E-state index < -0.39 is 0 Å². The van der Waals surface area contributed by atoms with Crippen molar-refractivity contribution in [3.8, 4) is 5.75 Å². The van der Waals surface area contributed by atoms with E-state index >= 15 is 0 Å². The van der Waals surface area contributed by atoms with Crippen LogP contribution in [0, 0.1) is 5.82 Å². The van der Waals surface area contributed by atoms with E-state index in [-0.39, 0.29) is 24.9 Å². The molecule has 0 spiro atoms. The summed E-state index contributed by atoms with van der Waals surface area (Å²) in [6.45, 7) is 0.0231. The quantitative estimate of drug-likeness (QED) is 0.767. The Kier molecular flexibility index (Phi) is 5.80. The number of likely N-dealkylation sites (N-methyl/N-ethyl adjacent to an activating group) is 1. The second-order valence-corrected chi connectivity index (χ2v) is 6.03. The van der Waals surface area contributed by atoms with Crippen molar-refractivity contribution in [2.45, 2.75) is 6.54 Å². The Morgan fingerprint density at radius 1 is 1.32 bits per heavy atom. The van der Waals surface area contributed by atoms with E-state index in [1.54, 1.807) is 43.4 Å². The Hall–Kier alpha value is -1.59. The predicted octanol–water partition coefficient (Wildman–Crippen LogP) is 4.28. The summed E-state index contributed by atoms with van der Waals surface area (Å²) >= 11 is 9.31. The molecule has 2 aromatic carbocycles. The van der Waals surface area contributed by atoms with E-state index in [1.807, 2.05) is 0 Å². The van der Waals surface area contributed by atoms with Gasteiger partial charge >= 0.3 is 0 Å². The van der Waals surface area contributed by atoms with Crippen molar-refractivity contribution in [1.29, 1.82) is 0 Å². The van der Waals surface area contributed by atoms with Crippen LogP contribution in [0.3, 0.4) is 0 Å². The fourth-order valence-corrected chi connectivity index (χ4v) is 2.54. The number of benzene rings is 2. The fourth-order valence-electron chi connectivity index (χ4n) is 1.81. The first-order valence-corrected chi connectivity index (χ1v) is 7.69. The molecule has 0 unspecified atom stereocenters. The van der Waals surface area contributed by atoms with Gasteiger partial charge in [-0.3, -0.25) is 4.79 Å². The van der Waals surface area contributed by atoms with Gasteiger partial charge in [0.1, 0.15) is 11.6 Å². The Morgan fingerprint density at radius 3 is 2.73 bits per heavy atom. The van der Waals surface area contributed by atoms with Gasteiger partial charge in [-0.1, -0.05) is 45.7 Å². The molecule has 6 heteroatoms. The smallest absolute Gasteiger partial charge is 0.260 e. The highest BCUT2D eigenvalue weighted by Crippen LogP contribution is 2.27. The third kappa shape index (κ3) is 4.45. The van der Waals surface area contributed by atoms with Crippen LogP contribution in [0.5, 0.6) is 5.75 Å². The standard InChI is InChI=1S/C16H14BrClFNO2/c1-20(9-11-4-2-3-5-14(11)19)16(21)10-22-15-7-6-12(17)8-13(15)18/h2-8H,9-10H2,1H3. The van der Waals surface area contributed by atoms with Gasteiger partial charge in [0.15, 0.2) is 6.61 Å². The zero-order chi connectivity index (χ0) is 16.1. The summed E-state index contributed by atoms with van der Waals surface area (Å²) in [7, 11) is 1.60. The Balaban J connectivity index is 1.93. The zero-order valence-electron chi connectivity index (χ0n) is 11.9. The summed E-state index contributed by atoms with van der Waals surface area (Å²) in [6.07, 6.45) is 0. The minimum absolute atomic E-state index is 0.160. The molecule has 0 bridgehead atoms. The first kappa shape index (κ1) is 16.8. The van der Waals surface area contributed by atoms with Gasteiger partial charge < -0.3 is 9.64 Å². The largest absolute Gasteiger partial charge is 0.482 e. The van der Waals surface area contributed by atoms with E-state index in [2.05, 4.69) is 15.9 Å². The van der Waals surface area contributed by atoms with Crippen LogP contribution < -0.4 is 4.74 Å². The lowest BCUT2D eigenvalue weighted by Gasteiger charge is -2.18. The summed E-state index contributed by atoms with van der Waals surface area (Å²) < 4.78 is 19.8. The lowest BCUT2D eigenvalue weighted by Crippen LogP contribution is -2.31. The maximum atomic E-state index is 13.6. The van der Waals surface area contributed by atoms with E-state index in [9.17, 15) is 9.18 Å². The van der Waals surface area contributed by atoms with Crippen molar-refractivity contribution in [2.24, 2.45) is 0 Å². The highest BCUT2D eigenvalue weighted by molar-refractivity contribution is 9.10. The first-order chi connectivity index (χ1) is 10.5. The molecule has 0 N–H and O–H groups in total. The third-order valence-corrected chi connectivity index (χ3v) is 3.82. The van der Waals surface area contributed by atoms with Gasteiger partial charge in [0, 0.05) is 23.6 Å². The summed E-state index contributed by atoms with van der Waals surface area (Å²) in [5.74, 6) is -0.168. The zero-order valence-corrected chi connectivity index (χ0v) is 14.2. The van der Waals surface area contributed by atoms with Gasteiger partial charge in [-0.15, -0.1) is 0 Å². The Morgan fingerprint density at radius 2 is 2.05 bits per heavy atom.